The molecule has 8 heteroatoms. The lowest BCUT2D eigenvalue weighted by Gasteiger charge is -2.34. The molecule has 0 radical (unpaired) electrons. The molecule has 0 atom stereocenters. The first-order valence-corrected chi connectivity index (χ1v) is 11.7. The lowest BCUT2D eigenvalue weighted by atomic mass is 9.92. The fraction of sp³-hybridized carbons (Fsp3) is 0.417. The van der Waals surface area contributed by atoms with E-state index in [-0.39, 0.29) is 0 Å². The molecule has 7 nitrogen and oxygen atoms in total. The lowest BCUT2D eigenvalue weighted by molar-refractivity contribution is 0.0659. The average Bonchev–Trinajstić information content (AvgIpc) is 3.45. The van der Waals surface area contributed by atoms with Gasteiger partial charge in [-0.1, -0.05) is 0 Å². The summed E-state index contributed by atoms with van der Waals surface area (Å²) < 4.78 is 19.5. The van der Waals surface area contributed by atoms with E-state index in [1.165, 1.54) is 0 Å². The van der Waals surface area contributed by atoms with Gasteiger partial charge in [0.15, 0.2) is 17.1 Å². The fourth-order valence-electron chi connectivity index (χ4n) is 4.57. The second-order valence-corrected chi connectivity index (χ2v) is 9.32. The molecule has 0 bridgehead atoms. The number of aromatic nitrogens is 3. The minimum Gasteiger partial charge on any atom is -0.493 e. The van der Waals surface area contributed by atoms with Crippen molar-refractivity contribution in [1.82, 2.24) is 14.6 Å². The van der Waals surface area contributed by atoms with Gasteiger partial charge in [0.05, 0.1) is 31.4 Å². The molecular formula is C24H28N4O3S. The molecule has 168 valence electrons. The zero-order valence-electron chi connectivity index (χ0n) is 18.9. The van der Waals surface area contributed by atoms with Gasteiger partial charge in [-0.25, -0.2) is 9.50 Å². The second kappa shape index (κ2) is 8.60. The first-order chi connectivity index (χ1) is 15.6. The number of benzene rings is 1. The third-order valence-corrected chi connectivity index (χ3v) is 7.63. The van der Waals surface area contributed by atoms with Crippen LogP contribution in [-0.2, 0) is 4.74 Å². The van der Waals surface area contributed by atoms with Gasteiger partial charge >= 0.3 is 0 Å². The zero-order valence-corrected chi connectivity index (χ0v) is 19.7. The number of fused-ring (bicyclic) bond motifs is 2. The molecule has 5 rings (SSSR count). The third-order valence-electron chi connectivity index (χ3n) is 6.51. The zero-order chi connectivity index (χ0) is 22.2. The SMILES string of the molecule is COc1cc2cc(-c3cnc4ccc(N(C)C5CCC(OC)CC5)nn34)sc2cc1OC. The molecule has 0 aliphatic heterocycles. The van der Waals surface area contributed by atoms with Crippen LogP contribution in [0.3, 0.4) is 0 Å². The third kappa shape index (κ3) is 3.67. The molecule has 0 unspecified atom stereocenters. The Morgan fingerprint density at radius 1 is 1.00 bits per heavy atom. The smallest absolute Gasteiger partial charge is 0.162 e. The van der Waals surface area contributed by atoms with Crippen molar-refractivity contribution in [1.29, 1.82) is 0 Å². The van der Waals surface area contributed by atoms with Gasteiger partial charge in [-0.15, -0.1) is 16.4 Å². The van der Waals surface area contributed by atoms with Crippen LogP contribution in [0.4, 0.5) is 5.82 Å². The molecule has 1 aliphatic rings. The molecule has 0 saturated heterocycles. The van der Waals surface area contributed by atoms with Gasteiger partial charge in [-0.05, 0) is 55.3 Å². The van der Waals surface area contributed by atoms with Crippen molar-refractivity contribution in [2.75, 3.05) is 33.3 Å². The highest BCUT2D eigenvalue weighted by Crippen LogP contribution is 2.40. The van der Waals surface area contributed by atoms with Crippen molar-refractivity contribution in [2.45, 2.75) is 37.8 Å². The van der Waals surface area contributed by atoms with E-state index in [4.69, 9.17) is 19.3 Å². The molecule has 1 saturated carbocycles. The molecule has 1 fully saturated rings. The summed E-state index contributed by atoms with van der Waals surface area (Å²) >= 11 is 1.70. The van der Waals surface area contributed by atoms with E-state index in [0.29, 0.717) is 12.1 Å². The molecule has 3 aromatic heterocycles. The Balaban J connectivity index is 1.49. The van der Waals surface area contributed by atoms with Gasteiger partial charge in [-0.3, -0.25) is 0 Å². The number of ether oxygens (including phenoxy) is 3. The van der Waals surface area contributed by atoms with Gasteiger partial charge < -0.3 is 19.1 Å². The maximum Gasteiger partial charge on any atom is 0.162 e. The number of anilines is 1. The quantitative estimate of drug-likeness (QED) is 0.409. The number of methoxy groups -OCH3 is 3. The van der Waals surface area contributed by atoms with E-state index >= 15 is 0 Å². The van der Waals surface area contributed by atoms with Gasteiger partial charge in [0, 0.05) is 31.0 Å². The Morgan fingerprint density at radius 3 is 2.47 bits per heavy atom. The molecular weight excluding hydrogens is 424 g/mol. The largest absolute Gasteiger partial charge is 0.493 e. The van der Waals surface area contributed by atoms with Crippen LogP contribution >= 0.6 is 11.3 Å². The summed E-state index contributed by atoms with van der Waals surface area (Å²) in [4.78, 5) is 8.00. The average molecular weight is 453 g/mol. The van der Waals surface area contributed by atoms with Crippen molar-refractivity contribution in [2.24, 2.45) is 0 Å². The van der Waals surface area contributed by atoms with Gasteiger partial charge in [0.2, 0.25) is 0 Å². The number of thiophene rings is 1. The van der Waals surface area contributed by atoms with Crippen LogP contribution in [0, 0.1) is 0 Å². The van der Waals surface area contributed by atoms with Crippen LogP contribution < -0.4 is 14.4 Å². The Labute approximate surface area is 191 Å². The second-order valence-electron chi connectivity index (χ2n) is 8.24. The summed E-state index contributed by atoms with van der Waals surface area (Å²) in [6.45, 7) is 0. The Hall–Kier alpha value is -2.84. The normalized spacial score (nSPS) is 18.9. The van der Waals surface area contributed by atoms with Gasteiger partial charge in [0.25, 0.3) is 0 Å². The number of nitrogens with zero attached hydrogens (tertiary/aromatic N) is 4. The van der Waals surface area contributed by atoms with Crippen molar-refractivity contribution < 1.29 is 14.2 Å². The minimum absolute atomic E-state index is 0.389. The lowest BCUT2D eigenvalue weighted by Crippen LogP contribution is -2.37. The van der Waals surface area contributed by atoms with E-state index in [0.717, 1.165) is 69.3 Å². The number of rotatable bonds is 6. The van der Waals surface area contributed by atoms with Crippen LogP contribution in [0.5, 0.6) is 11.5 Å². The number of imidazole rings is 1. The monoisotopic (exact) mass is 452 g/mol. The predicted octanol–water partition coefficient (Wildman–Crippen LogP) is 5.02. The van der Waals surface area contributed by atoms with E-state index in [2.05, 4.69) is 29.1 Å². The van der Waals surface area contributed by atoms with Crippen molar-refractivity contribution in [3.63, 3.8) is 0 Å². The van der Waals surface area contributed by atoms with Crippen LogP contribution in [0.2, 0.25) is 0 Å². The molecule has 1 aliphatic carbocycles. The number of hydrogen-bond donors (Lipinski definition) is 0. The Bertz CT molecular complexity index is 1200. The highest BCUT2D eigenvalue weighted by atomic mass is 32.1. The summed E-state index contributed by atoms with van der Waals surface area (Å²) in [5, 5.41) is 6.08. The Kier molecular flexibility index (Phi) is 5.65. The fourth-order valence-corrected chi connectivity index (χ4v) is 5.64. The first kappa shape index (κ1) is 21.0. The van der Waals surface area contributed by atoms with E-state index in [1.54, 1.807) is 25.6 Å². The van der Waals surface area contributed by atoms with E-state index < -0.39 is 0 Å². The maximum absolute atomic E-state index is 5.53. The summed E-state index contributed by atoms with van der Waals surface area (Å²) in [6, 6.07) is 10.8. The molecule has 4 aromatic rings. The van der Waals surface area contributed by atoms with Crippen molar-refractivity contribution in [3.05, 3.63) is 36.5 Å². The Morgan fingerprint density at radius 2 is 1.75 bits per heavy atom. The van der Waals surface area contributed by atoms with Crippen LogP contribution in [-0.4, -0.2) is 55.1 Å². The summed E-state index contributed by atoms with van der Waals surface area (Å²) in [7, 11) is 7.27. The van der Waals surface area contributed by atoms with Crippen LogP contribution in [0.15, 0.2) is 36.5 Å². The van der Waals surface area contributed by atoms with E-state index in [9.17, 15) is 0 Å². The highest BCUT2D eigenvalue weighted by Gasteiger charge is 2.25. The minimum atomic E-state index is 0.389. The molecule has 1 aromatic carbocycles. The van der Waals surface area contributed by atoms with Crippen molar-refractivity contribution in [3.8, 4) is 22.1 Å². The summed E-state index contributed by atoms with van der Waals surface area (Å²) in [5.74, 6) is 2.42. The maximum atomic E-state index is 5.53. The van der Waals surface area contributed by atoms with Gasteiger partial charge in [-0.2, -0.15) is 0 Å². The molecule has 3 heterocycles. The highest BCUT2D eigenvalue weighted by molar-refractivity contribution is 7.22. The molecule has 0 spiro atoms. The first-order valence-electron chi connectivity index (χ1n) is 10.9. The van der Waals surface area contributed by atoms with Crippen LogP contribution in [0.1, 0.15) is 25.7 Å². The van der Waals surface area contributed by atoms with Crippen LogP contribution in [0.25, 0.3) is 26.3 Å². The molecule has 32 heavy (non-hydrogen) atoms. The number of hydrogen-bond acceptors (Lipinski definition) is 7. The standard InChI is InChI=1S/C24H28N4O3S/c1-27(16-5-7-17(29-2)8-6-16)24-10-9-23-25-14-18(28(23)26-24)22-12-15-11-19(30-3)20(31-4)13-21(15)32-22/h9-14,16-17H,5-8H2,1-4H3. The topological polar surface area (TPSA) is 61.1 Å². The molecule has 0 amide bonds. The predicted molar refractivity (Wildman–Crippen MR) is 128 cm³/mol. The van der Waals surface area contributed by atoms with E-state index in [1.807, 2.05) is 36.0 Å². The molecule has 0 N–H and O–H groups in total. The summed E-state index contributed by atoms with van der Waals surface area (Å²) in [5.41, 5.74) is 1.82. The van der Waals surface area contributed by atoms with Crippen molar-refractivity contribution >= 4 is 32.9 Å². The van der Waals surface area contributed by atoms with Gasteiger partial charge in [0.1, 0.15) is 11.5 Å². The summed E-state index contributed by atoms with van der Waals surface area (Å²) in [6.07, 6.45) is 6.71.